The lowest BCUT2D eigenvalue weighted by molar-refractivity contribution is 1.39. The summed E-state index contributed by atoms with van der Waals surface area (Å²) < 4.78 is 1.93. The summed E-state index contributed by atoms with van der Waals surface area (Å²) in [4.78, 5) is 0. The summed E-state index contributed by atoms with van der Waals surface area (Å²) in [5.74, 6) is 5.66. The summed E-state index contributed by atoms with van der Waals surface area (Å²) in [6.45, 7) is 0. The summed E-state index contributed by atoms with van der Waals surface area (Å²) in [6, 6.07) is 7.73. The third kappa shape index (κ3) is 3.22. The van der Waals surface area contributed by atoms with Crippen LogP contribution in [0.1, 0.15) is 12.0 Å². The first-order chi connectivity index (χ1) is 6.24. The molecule has 1 nitrogen and oxygen atoms in total. The molecule has 1 aromatic rings. The smallest absolute Gasteiger partial charge is 0.0966 e. The molecular formula is C10H5Br2N. The molecule has 64 valence electrons. The van der Waals surface area contributed by atoms with Gasteiger partial charge in [0.15, 0.2) is 0 Å². The number of hydrogen-bond donors (Lipinski definition) is 0. The maximum absolute atomic E-state index is 8.29. The third-order valence-corrected chi connectivity index (χ3v) is 2.50. The average Bonchev–Trinajstić information content (AvgIpc) is 2.11. The van der Waals surface area contributed by atoms with E-state index in [1.165, 1.54) is 0 Å². The minimum atomic E-state index is 0.263. The summed E-state index contributed by atoms with van der Waals surface area (Å²) in [5, 5.41) is 8.29. The minimum absolute atomic E-state index is 0.263. The fourth-order valence-corrected chi connectivity index (χ4v) is 1.48. The van der Waals surface area contributed by atoms with E-state index < -0.39 is 0 Å². The van der Waals surface area contributed by atoms with Gasteiger partial charge in [-0.05, 0) is 34.1 Å². The number of halogens is 2. The molecule has 1 rings (SSSR count). The van der Waals surface area contributed by atoms with Crippen molar-refractivity contribution in [2.45, 2.75) is 6.42 Å². The number of nitrogens with zero attached hydrogens (tertiary/aromatic N) is 1. The van der Waals surface area contributed by atoms with Crippen LogP contribution in [0.2, 0.25) is 0 Å². The first kappa shape index (κ1) is 10.3. The van der Waals surface area contributed by atoms with Gasteiger partial charge in [-0.3, -0.25) is 0 Å². The van der Waals surface area contributed by atoms with Gasteiger partial charge in [-0.15, -0.1) is 0 Å². The number of rotatable bonds is 0. The van der Waals surface area contributed by atoms with Crippen molar-refractivity contribution in [2.24, 2.45) is 0 Å². The number of benzene rings is 1. The second kappa shape index (κ2) is 5.07. The first-order valence-corrected chi connectivity index (χ1v) is 5.13. The van der Waals surface area contributed by atoms with Crippen molar-refractivity contribution in [1.29, 1.82) is 5.26 Å². The Morgan fingerprint density at radius 3 is 2.77 bits per heavy atom. The van der Waals surface area contributed by atoms with E-state index in [0.717, 1.165) is 14.5 Å². The molecule has 0 aromatic heterocycles. The summed E-state index contributed by atoms with van der Waals surface area (Å²) in [6.07, 6.45) is 0.263. The predicted molar refractivity (Wildman–Crippen MR) is 59.0 cm³/mol. The maximum atomic E-state index is 8.29. The molecule has 0 radical (unpaired) electrons. The molecule has 0 bridgehead atoms. The van der Waals surface area contributed by atoms with Crippen molar-refractivity contribution in [3.8, 4) is 17.9 Å². The van der Waals surface area contributed by atoms with Crippen LogP contribution in [0.25, 0.3) is 0 Å². The molecule has 0 amide bonds. The molecule has 0 aliphatic rings. The molecule has 3 heteroatoms. The second-order valence-electron chi connectivity index (χ2n) is 2.26. The number of nitriles is 1. The molecule has 0 atom stereocenters. The van der Waals surface area contributed by atoms with Crippen molar-refractivity contribution in [3.05, 3.63) is 32.7 Å². The molecular weight excluding hydrogens is 294 g/mol. The Labute approximate surface area is 94.0 Å². The van der Waals surface area contributed by atoms with Crippen molar-refractivity contribution < 1.29 is 0 Å². The second-order valence-corrected chi connectivity index (χ2v) is 4.03. The molecule has 0 saturated carbocycles. The van der Waals surface area contributed by atoms with E-state index in [9.17, 15) is 0 Å². The monoisotopic (exact) mass is 297 g/mol. The van der Waals surface area contributed by atoms with E-state index in [-0.39, 0.29) is 6.42 Å². The van der Waals surface area contributed by atoms with Crippen LogP contribution in [0.5, 0.6) is 0 Å². The Morgan fingerprint density at radius 1 is 1.31 bits per heavy atom. The summed E-state index contributed by atoms with van der Waals surface area (Å²) in [5.41, 5.74) is 0.893. The SMILES string of the molecule is N#CCC#Cc1cc(Br)ccc1Br. The predicted octanol–water partition coefficient (Wildman–Crippen LogP) is 3.48. The zero-order valence-electron chi connectivity index (χ0n) is 6.64. The van der Waals surface area contributed by atoms with E-state index in [4.69, 9.17) is 5.26 Å². The van der Waals surface area contributed by atoms with E-state index in [1.54, 1.807) is 0 Å². The maximum Gasteiger partial charge on any atom is 0.0966 e. The zero-order valence-corrected chi connectivity index (χ0v) is 9.81. The summed E-state index contributed by atoms with van der Waals surface area (Å²) in [7, 11) is 0. The Hall–Kier alpha value is -0.770. The van der Waals surface area contributed by atoms with Crippen molar-refractivity contribution >= 4 is 31.9 Å². The number of hydrogen-bond acceptors (Lipinski definition) is 1. The van der Waals surface area contributed by atoms with E-state index >= 15 is 0 Å². The molecule has 0 fully saturated rings. The lowest BCUT2D eigenvalue weighted by Gasteiger charge is -1.95. The third-order valence-electron chi connectivity index (χ3n) is 1.32. The lowest BCUT2D eigenvalue weighted by atomic mass is 10.2. The van der Waals surface area contributed by atoms with Crippen LogP contribution in [-0.2, 0) is 0 Å². The van der Waals surface area contributed by atoms with Gasteiger partial charge in [-0.25, -0.2) is 0 Å². The van der Waals surface area contributed by atoms with Crippen LogP contribution >= 0.6 is 31.9 Å². The minimum Gasteiger partial charge on any atom is -0.197 e. The van der Waals surface area contributed by atoms with Gasteiger partial charge in [-0.1, -0.05) is 27.8 Å². The Morgan fingerprint density at radius 2 is 2.08 bits per heavy atom. The standard InChI is InChI=1S/C10H5Br2N/c11-9-4-5-10(12)8(7-9)3-1-2-6-13/h4-5,7H,2H2. The van der Waals surface area contributed by atoms with Gasteiger partial charge in [0.1, 0.15) is 0 Å². The van der Waals surface area contributed by atoms with Gasteiger partial charge in [0.2, 0.25) is 0 Å². The molecule has 0 unspecified atom stereocenters. The molecule has 1 aromatic carbocycles. The highest BCUT2D eigenvalue weighted by Gasteiger charge is 1.95. The van der Waals surface area contributed by atoms with E-state index in [0.29, 0.717) is 0 Å². The van der Waals surface area contributed by atoms with E-state index in [2.05, 4.69) is 43.7 Å². The van der Waals surface area contributed by atoms with Crippen LogP contribution in [0.3, 0.4) is 0 Å². The van der Waals surface area contributed by atoms with Crippen LogP contribution < -0.4 is 0 Å². The lowest BCUT2D eigenvalue weighted by Crippen LogP contribution is -1.77. The summed E-state index contributed by atoms with van der Waals surface area (Å²) >= 11 is 6.73. The molecule has 0 saturated heterocycles. The molecule has 13 heavy (non-hydrogen) atoms. The van der Waals surface area contributed by atoms with Gasteiger partial charge in [-0.2, -0.15) is 5.26 Å². The highest BCUT2D eigenvalue weighted by Crippen LogP contribution is 2.20. The van der Waals surface area contributed by atoms with Gasteiger partial charge in [0.25, 0.3) is 0 Å². The van der Waals surface area contributed by atoms with Crippen LogP contribution in [0.15, 0.2) is 27.1 Å². The van der Waals surface area contributed by atoms with Gasteiger partial charge < -0.3 is 0 Å². The van der Waals surface area contributed by atoms with Crippen molar-refractivity contribution in [1.82, 2.24) is 0 Å². The fraction of sp³-hybridized carbons (Fsp3) is 0.100. The zero-order chi connectivity index (χ0) is 9.68. The fourth-order valence-electron chi connectivity index (χ4n) is 0.772. The quantitative estimate of drug-likeness (QED) is 0.673. The highest BCUT2D eigenvalue weighted by molar-refractivity contribution is 9.11. The van der Waals surface area contributed by atoms with Gasteiger partial charge >= 0.3 is 0 Å². The van der Waals surface area contributed by atoms with Crippen LogP contribution in [0, 0.1) is 23.2 Å². The van der Waals surface area contributed by atoms with Gasteiger partial charge in [0.05, 0.1) is 12.5 Å². The van der Waals surface area contributed by atoms with Crippen molar-refractivity contribution in [2.75, 3.05) is 0 Å². The molecule has 0 aliphatic carbocycles. The van der Waals surface area contributed by atoms with Crippen LogP contribution in [0.4, 0.5) is 0 Å². The Kier molecular flexibility index (Phi) is 4.02. The molecule has 0 N–H and O–H groups in total. The molecule has 0 heterocycles. The van der Waals surface area contributed by atoms with Gasteiger partial charge in [0, 0.05) is 14.5 Å². The normalized spacial score (nSPS) is 8.38. The molecule has 0 spiro atoms. The van der Waals surface area contributed by atoms with Crippen molar-refractivity contribution in [3.63, 3.8) is 0 Å². The molecule has 0 aliphatic heterocycles. The topological polar surface area (TPSA) is 23.8 Å². The van der Waals surface area contributed by atoms with E-state index in [1.807, 2.05) is 24.3 Å². The Bertz CT molecular complexity index is 407. The Balaban J connectivity index is 2.97. The average molecular weight is 299 g/mol. The highest BCUT2D eigenvalue weighted by atomic mass is 79.9. The first-order valence-electron chi connectivity index (χ1n) is 3.55. The van der Waals surface area contributed by atoms with Crippen LogP contribution in [-0.4, -0.2) is 0 Å². The largest absolute Gasteiger partial charge is 0.197 e.